The maximum Gasteiger partial charge on any atom is 0.313 e. The molecule has 0 saturated heterocycles. The van der Waals surface area contributed by atoms with Crippen molar-refractivity contribution >= 4 is 17.6 Å². The minimum Gasteiger partial charge on any atom is -0.455 e. The number of benzene rings is 2. The largest absolute Gasteiger partial charge is 0.455 e. The van der Waals surface area contributed by atoms with E-state index in [2.05, 4.69) is 5.32 Å². The molecule has 0 bridgehead atoms. The summed E-state index contributed by atoms with van der Waals surface area (Å²) in [6, 6.07) is 15.3. The number of carbonyl (C=O) groups excluding carboxylic acids is 2. The van der Waals surface area contributed by atoms with Gasteiger partial charge in [-0.3, -0.25) is 9.59 Å². The lowest BCUT2D eigenvalue weighted by molar-refractivity contribution is -0.149. The molecule has 4 nitrogen and oxygen atoms in total. The molecule has 2 aromatic rings. The van der Waals surface area contributed by atoms with E-state index in [4.69, 9.17) is 4.74 Å². The lowest BCUT2D eigenvalue weighted by Gasteiger charge is -2.14. The van der Waals surface area contributed by atoms with Crippen molar-refractivity contribution in [3.05, 3.63) is 65.2 Å². The number of anilines is 1. The molecule has 1 N–H and O–H groups in total. The maximum atomic E-state index is 12.2. The van der Waals surface area contributed by atoms with Gasteiger partial charge >= 0.3 is 5.97 Å². The van der Waals surface area contributed by atoms with Crippen LogP contribution in [0.5, 0.6) is 0 Å². The van der Waals surface area contributed by atoms with Crippen molar-refractivity contribution in [1.29, 1.82) is 0 Å². The van der Waals surface area contributed by atoms with Crippen LogP contribution in [0.1, 0.15) is 36.0 Å². The van der Waals surface area contributed by atoms with Gasteiger partial charge in [0.15, 0.2) is 6.61 Å². The molecule has 0 spiro atoms. The average Bonchev–Trinajstić information content (AvgIpc) is 2.53. The van der Waals surface area contributed by atoms with Crippen LogP contribution in [-0.4, -0.2) is 18.5 Å². The van der Waals surface area contributed by atoms with Crippen LogP contribution in [0, 0.1) is 13.8 Å². The molecule has 1 amide bonds. The molecule has 0 heterocycles. The summed E-state index contributed by atoms with van der Waals surface area (Å²) in [6.07, 6.45) is 0.627. The van der Waals surface area contributed by atoms with Crippen molar-refractivity contribution in [2.45, 2.75) is 33.1 Å². The van der Waals surface area contributed by atoms with Crippen LogP contribution in [-0.2, 0) is 14.3 Å². The molecule has 126 valence electrons. The molecule has 0 aromatic heterocycles. The van der Waals surface area contributed by atoms with Crippen LogP contribution in [0.2, 0.25) is 0 Å². The molecule has 0 saturated carbocycles. The first-order chi connectivity index (χ1) is 11.5. The molecule has 0 aliphatic heterocycles. The third kappa shape index (κ3) is 4.95. The van der Waals surface area contributed by atoms with Crippen LogP contribution in [0.25, 0.3) is 0 Å². The minimum absolute atomic E-state index is 0.283. The van der Waals surface area contributed by atoms with E-state index >= 15 is 0 Å². The Morgan fingerprint density at radius 3 is 2.25 bits per heavy atom. The molecule has 4 heteroatoms. The molecule has 1 atom stereocenters. The Morgan fingerprint density at radius 2 is 1.67 bits per heavy atom. The van der Waals surface area contributed by atoms with Crippen LogP contribution < -0.4 is 5.32 Å². The predicted octanol–water partition coefficient (Wildman–Crippen LogP) is 3.98. The summed E-state index contributed by atoms with van der Waals surface area (Å²) in [5.41, 5.74) is 3.75. The smallest absolute Gasteiger partial charge is 0.313 e. The average molecular weight is 325 g/mol. The van der Waals surface area contributed by atoms with Gasteiger partial charge in [0.2, 0.25) is 0 Å². The van der Waals surface area contributed by atoms with E-state index in [-0.39, 0.29) is 24.4 Å². The van der Waals surface area contributed by atoms with E-state index in [9.17, 15) is 9.59 Å². The second-order valence-electron chi connectivity index (χ2n) is 5.90. The van der Waals surface area contributed by atoms with Crippen LogP contribution in [0.15, 0.2) is 48.5 Å². The Labute approximate surface area is 142 Å². The topological polar surface area (TPSA) is 55.4 Å². The highest BCUT2D eigenvalue weighted by atomic mass is 16.5. The Kier molecular flexibility index (Phi) is 6.13. The fourth-order valence-corrected chi connectivity index (χ4v) is 2.70. The second kappa shape index (κ2) is 8.29. The Morgan fingerprint density at radius 1 is 1.04 bits per heavy atom. The number of nitrogens with one attached hydrogen (secondary N) is 1. The monoisotopic (exact) mass is 325 g/mol. The van der Waals surface area contributed by atoms with Gasteiger partial charge < -0.3 is 10.1 Å². The van der Waals surface area contributed by atoms with E-state index < -0.39 is 0 Å². The van der Waals surface area contributed by atoms with Gasteiger partial charge in [0.05, 0.1) is 5.92 Å². The van der Waals surface area contributed by atoms with E-state index in [0.717, 1.165) is 16.7 Å². The zero-order valence-electron chi connectivity index (χ0n) is 14.3. The number of carbonyl (C=O) groups is 2. The van der Waals surface area contributed by atoms with Crippen molar-refractivity contribution in [3.8, 4) is 0 Å². The quantitative estimate of drug-likeness (QED) is 0.817. The molecule has 2 rings (SSSR count). The molecule has 0 radical (unpaired) electrons. The molecule has 0 aliphatic carbocycles. The Hall–Kier alpha value is -2.62. The summed E-state index contributed by atoms with van der Waals surface area (Å²) in [5, 5.41) is 2.76. The Balaban J connectivity index is 1.91. The van der Waals surface area contributed by atoms with Gasteiger partial charge in [-0.2, -0.15) is 0 Å². The number of rotatable bonds is 6. The Bertz CT molecular complexity index is 690. The van der Waals surface area contributed by atoms with Gasteiger partial charge in [0.25, 0.3) is 5.91 Å². The summed E-state index contributed by atoms with van der Waals surface area (Å²) < 4.78 is 5.19. The SMILES string of the molecule is CC[C@H](C(=O)OCC(=O)Nc1cc(C)cc(C)c1)c1ccccc1. The van der Waals surface area contributed by atoms with E-state index in [1.54, 1.807) is 0 Å². The normalized spacial score (nSPS) is 11.6. The lowest BCUT2D eigenvalue weighted by Crippen LogP contribution is -2.24. The molecule has 2 aromatic carbocycles. The second-order valence-corrected chi connectivity index (χ2v) is 5.90. The predicted molar refractivity (Wildman–Crippen MR) is 95.0 cm³/mol. The van der Waals surface area contributed by atoms with Gasteiger partial charge in [-0.05, 0) is 49.1 Å². The summed E-state index contributed by atoms with van der Waals surface area (Å²) in [6.45, 7) is 5.58. The number of hydrogen-bond acceptors (Lipinski definition) is 3. The lowest BCUT2D eigenvalue weighted by atomic mass is 9.97. The molecular weight excluding hydrogens is 302 g/mol. The number of esters is 1. The van der Waals surface area contributed by atoms with Gasteiger partial charge in [-0.15, -0.1) is 0 Å². The number of amides is 1. The first kappa shape index (κ1) is 17.7. The highest BCUT2D eigenvalue weighted by molar-refractivity contribution is 5.93. The van der Waals surface area contributed by atoms with Crippen molar-refractivity contribution in [1.82, 2.24) is 0 Å². The summed E-state index contributed by atoms with van der Waals surface area (Å²) in [5.74, 6) is -1.06. The van der Waals surface area contributed by atoms with Gasteiger partial charge in [-0.1, -0.05) is 43.3 Å². The van der Waals surface area contributed by atoms with Crippen molar-refractivity contribution in [2.75, 3.05) is 11.9 Å². The van der Waals surface area contributed by atoms with Crippen LogP contribution in [0.4, 0.5) is 5.69 Å². The third-order valence-electron chi connectivity index (χ3n) is 3.75. The van der Waals surface area contributed by atoms with E-state index in [1.807, 2.05) is 69.3 Å². The molecule has 0 fully saturated rings. The fourth-order valence-electron chi connectivity index (χ4n) is 2.70. The van der Waals surface area contributed by atoms with Crippen LogP contribution >= 0.6 is 0 Å². The highest BCUT2D eigenvalue weighted by Crippen LogP contribution is 2.20. The van der Waals surface area contributed by atoms with Crippen molar-refractivity contribution in [2.24, 2.45) is 0 Å². The van der Waals surface area contributed by atoms with Crippen LogP contribution in [0.3, 0.4) is 0 Å². The van der Waals surface area contributed by atoms with Gasteiger partial charge in [0.1, 0.15) is 0 Å². The third-order valence-corrected chi connectivity index (χ3v) is 3.75. The standard InChI is InChI=1S/C20H23NO3/c1-4-18(16-8-6-5-7-9-16)20(23)24-13-19(22)21-17-11-14(2)10-15(3)12-17/h5-12,18H,4,13H2,1-3H3,(H,21,22)/t18-/m0/s1. The number of hydrogen-bond donors (Lipinski definition) is 1. The van der Waals surface area contributed by atoms with Crippen molar-refractivity contribution < 1.29 is 14.3 Å². The molecule has 24 heavy (non-hydrogen) atoms. The highest BCUT2D eigenvalue weighted by Gasteiger charge is 2.20. The zero-order valence-corrected chi connectivity index (χ0v) is 14.3. The molecular formula is C20H23NO3. The minimum atomic E-state index is -0.376. The fraction of sp³-hybridized carbons (Fsp3) is 0.300. The molecule has 0 unspecified atom stereocenters. The van der Waals surface area contributed by atoms with Crippen molar-refractivity contribution in [3.63, 3.8) is 0 Å². The first-order valence-corrected chi connectivity index (χ1v) is 8.09. The first-order valence-electron chi connectivity index (χ1n) is 8.09. The summed E-state index contributed by atoms with van der Waals surface area (Å²) >= 11 is 0. The summed E-state index contributed by atoms with van der Waals surface area (Å²) in [4.78, 5) is 24.2. The number of aryl methyl sites for hydroxylation is 2. The summed E-state index contributed by atoms with van der Waals surface area (Å²) in [7, 11) is 0. The number of ether oxygens (including phenoxy) is 1. The molecule has 0 aliphatic rings. The van der Waals surface area contributed by atoms with E-state index in [0.29, 0.717) is 12.1 Å². The van der Waals surface area contributed by atoms with E-state index in [1.165, 1.54) is 0 Å². The van der Waals surface area contributed by atoms with Gasteiger partial charge in [0, 0.05) is 5.69 Å². The zero-order chi connectivity index (χ0) is 17.5. The van der Waals surface area contributed by atoms with Gasteiger partial charge in [-0.25, -0.2) is 0 Å². The maximum absolute atomic E-state index is 12.2.